The third-order valence-electron chi connectivity index (χ3n) is 3.91. The highest BCUT2D eigenvalue weighted by Gasteiger charge is 2.26. The maximum atomic E-state index is 12.8. The fourth-order valence-corrected chi connectivity index (χ4v) is 2.43. The molecule has 0 fully saturated rings. The Morgan fingerprint density at radius 1 is 1.35 bits per heavy atom. The predicted octanol–water partition coefficient (Wildman–Crippen LogP) is 3.41. The number of nitrogens with zero attached hydrogens (tertiary/aromatic N) is 2. The Morgan fingerprint density at radius 3 is 2.57 bits per heavy atom. The summed E-state index contributed by atoms with van der Waals surface area (Å²) in [4.78, 5) is 30.1. The van der Waals surface area contributed by atoms with E-state index in [-0.39, 0.29) is 30.1 Å². The Kier molecular flexibility index (Phi) is 7.78. The maximum Gasteiger partial charge on any atom is 0.360 e. The van der Waals surface area contributed by atoms with Crippen LogP contribution < -0.4 is 0 Å². The van der Waals surface area contributed by atoms with Gasteiger partial charge in [0.1, 0.15) is 6.26 Å². The van der Waals surface area contributed by atoms with E-state index in [1.807, 2.05) is 20.8 Å². The molecule has 0 aliphatic heterocycles. The molecule has 0 N–H and O–H groups in total. The molecule has 1 aromatic rings. The molecule has 0 aliphatic carbocycles. The van der Waals surface area contributed by atoms with Crippen molar-refractivity contribution >= 4 is 11.9 Å². The maximum absolute atomic E-state index is 12.8. The molecule has 0 aromatic carbocycles. The number of amides is 1. The summed E-state index contributed by atoms with van der Waals surface area (Å²) in [6, 6.07) is 0.0339. The standard InChI is InChI=1S/C17H28N2O4/c1-6-8-9-13(7-2)16(20)19(12(3)4)10-15-18-14(11-23-15)17(21)22-5/h11-13H,6-10H2,1-5H3. The van der Waals surface area contributed by atoms with Crippen LogP contribution in [0.4, 0.5) is 0 Å². The average Bonchev–Trinajstić information content (AvgIpc) is 3.00. The number of aromatic nitrogens is 1. The molecule has 1 unspecified atom stereocenters. The van der Waals surface area contributed by atoms with Gasteiger partial charge in [-0.3, -0.25) is 4.79 Å². The lowest BCUT2D eigenvalue weighted by atomic mass is 9.97. The Hall–Kier alpha value is -1.85. The third-order valence-corrected chi connectivity index (χ3v) is 3.91. The molecule has 1 atom stereocenters. The highest BCUT2D eigenvalue weighted by molar-refractivity contribution is 5.86. The minimum atomic E-state index is -0.545. The first-order valence-electron chi connectivity index (χ1n) is 8.27. The van der Waals surface area contributed by atoms with E-state index in [4.69, 9.17) is 4.42 Å². The zero-order chi connectivity index (χ0) is 17.4. The van der Waals surface area contributed by atoms with Crippen LogP contribution >= 0.6 is 0 Å². The minimum absolute atomic E-state index is 0.0207. The molecule has 0 saturated carbocycles. The molecule has 0 radical (unpaired) electrons. The number of unbranched alkanes of at least 4 members (excludes halogenated alkanes) is 1. The molecule has 0 spiro atoms. The molecule has 1 amide bonds. The Labute approximate surface area is 138 Å². The number of hydrogen-bond donors (Lipinski definition) is 0. The number of ether oxygens (including phenoxy) is 1. The third kappa shape index (κ3) is 5.37. The van der Waals surface area contributed by atoms with E-state index in [1.54, 1.807) is 4.90 Å². The highest BCUT2D eigenvalue weighted by atomic mass is 16.5. The number of oxazole rings is 1. The average molecular weight is 324 g/mol. The number of carbonyl (C=O) groups excluding carboxylic acids is 2. The van der Waals surface area contributed by atoms with Crippen molar-refractivity contribution in [3.63, 3.8) is 0 Å². The molecule has 0 aliphatic rings. The number of carbonyl (C=O) groups is 2. The van der Waals surface area contributed by atoms with Crippen LogP contribution in [-0.2, 0) is 16.1 Å². The summed E-state index contributed by atoms with van der Waals surface area (Å²) in [5.41, 5.74) is 0.122. The first kappa shape index (κ1) is 19.2. The zero-order valence-corrected chi connectivity index (χ0v) is 14.8. The van der Waals surface area contributed by atoms with Crippen molar-refractivity contribution in [1.82, 2.24) is 9.88 Å². The molecular weight excluding hydrogens is 296 g/mol. The molecule has 6 heteroatoms. The summed E-state index contributed by atoms with van der Waals surface area (Å²) in [6.45, 7) is 8.36. The van der Waals surface area contributed by atoms with Crippen molar-refractivity contribution in [2.45, 2.75) is 66.0 Å². The van der Waals surface area contributed by atoms with E-state index in [2.05, 4.69) is 16.6 Å². The van der Waals surface area contributed by atoms with Gasteiger partial charge in [-0.2, -0.15) is 0 Å². The van der Waals surface area contributed by atoms with Crippen LogP contribution in [0, 0.1) is 5.92 Å². The summed E-state index contributed by atoms with van der Waals surface area (Å²) >= 11 is 0. The van der Waals surface area contributed by atoms with Gasteiger partial charge >= 0.3 is 5.97 Å². The molecule has 1 heterocycles. The first-order chi connectivity index (χ1) is 10.9. The van der Waals surface area contributed by atoms with Gasteiger partial charge in [-0.15, -0.1) is 0 Å². The topological polar surface area (TPSA) is 72.6 Å². The van der Waals surface area contributed by atoms with Crippen LogP contribution in [0.15, 0.2) is 10.7 Å². The molecule has 0 bridgehead atoms. The molecule has 1 rings (SSSR count). The number of methoxy groups -OCH3 is 1. The molecule has 0 saturated heterocycles. The highest BCUT2D eigenvalue weighted by Crippen LogP contribution is 2.19. The van der Waals surface area contributed by atoms with Gasteiger partial charge in [-0.25, -0.2) is 9.78 Å². The van der Waals surface area contributed by atoms with Crippen molar-refractivity contribution < 1.29 is 18.7 Å². The minimum Gasteiger partial charge on any atom is -0.464 e. The van der Waals surface area contributed by atoms with Crippen LogP contribution in [0.3, 0.4) is 0 Å². The lowest BCUT2D eigenvalue weighted by Crippen LogP contribution is -2.40. The summed E-state index contributed by atoms with van der Waals surface area (Å²) in [5, 5.41) is 0. The molecule has 6 nitrogen and oxygen atoms in total. The normalized spacial score (nSPS) is 12.3. The molecule has 1 aromatic heterocycles. The molecular formula is C17H28N2O4. The van der Waals surface area contributed by atoms with Crippen molar-refractivity contribution in [3.8, 4) is 0 Å². The van der Waals surface area contributed by atoms with Crippen LogP contribution in [0.25, 0.3) is 0 Å². The lowest BCUT2D eigenvalue weighted by molar-refractivity contribution is -0.138. The van der Waals surface area contributed by atoms with Crippen LogP contribution in [-0.4, -0.2) is 34.9 Å². The fourth-order valence-electron chi connectivity index (χ4n) is 2.43. The summed E-state index contributed by atoms with van der Waals surface area (Å²) < 4.78 is 9.91. The summed E-state index contributed by atoms with van der Waals surface area (Å²) in [7, 11) is 1.29. The second-order valence-electron chi connectivity index (χ2n) is 5.93. The van der Waals surface area contributed by atoms with E-state index in [1.165, 1.54) is 13.4 Å². The molecule has 23 heavy (non-hydrogen) atoms. The zero-order valence-electron chi connectivity index (χ0n) is 14.8. The summed E-state index contributed by atoms with van der Waals surface area (Å²) in [5.74, 6) is -0.0595. The van der Waals surface area contributed by atoms with Crippen LogP contribution in [0.2, 0.25) is 0 Å². The lowest BCUT2D eigenvalue weighted by Gasteiger charge is -2.29. The predicted molar refractivity (Wildman–Crippen MR) is 86.8 cm³/mol. The second kappa shape index (κ2) is 9.33. The van der Waals surface area contributed by atoms with E-state index in [9.17, 15) is 9.59 Å². The van der Waals surface area contributed by atoms with Crippen molar-refractivity contribution in [1.29, 1.82) is 0 Å². The quantitative estimate of drug-likeness (QED) is 0.651. The largest absolute Gasteiger partial charge is 0.464 e. The van der Waals surface area contributed by atoms with Crippen LogP contribution in [0.1, 0.15) is 69.8 Å². The Balaban J connectivity index is 2.83. The Morgan fingerprint density at radius 2 is 2.04 bits per heavy atom. The summed E-state index contributed by atoms with van der Waals surface area (Å²) in [6.07, 6.45) is 5.10. The Bertz CT molecular complexity index is 510. The number of hydrogen-bond acceptors (Lipinski definition) is 5. The van der Waals surface area contributed by atoms with Crippen molar-refractivity contribution in [2.75, 3.05) is 7.11 Å². The first-order valence-corrected chi connectivity index (χ1v) is 8.27. The van der Waals surface area contributed by atoms with Gasteiger partial charge in [0, 0.05) is 12.0 Å². The SMILES string of the molecule is CCCCC(CC)C(=O)N(Cc1nc(C(=O)OC)co1)C(C)C. The smallest absolute Gasteiger partial charge is 0.360 e. The van der Waals surface area contributed by atoms with Crippen LogP contribution in [0.5, 0.6) is 0 Å². The van der Waals surface area contributed by atoms with Gasteiger partial charge in [-0.05, 0) is 26.7 Å². The van der Waals surface area contributed by atoms with Crippen molar-refractivity contribution in [3.05, 3.63) is 17.8 Å². The van der Waals surface area contributed by atoms with E-state index >= 15 is 0 Å². The second-order valence-corrected chi connectivity index (χ2v) is 5.93. The van der Waals surface area contributed by atoms with E-state index < -0.39 is 5.97 Å². The monoisotopic (exact) mass is 324 g/mol. The fraction of sp³-hybridized carbons (Fsp3) is 0.706. The van der Waals surface area contributed by atoms with Gasteiger partial charge in [0.05, 0.1) is 13.7 Å². The number of esters is 1. The van der Waals surface area contributed by atoms with Gasteiger partial charge in [0.2, 0.25) is 11.8 Å². The van der Waals surface area contributed by atoms with E-state index in [0.717, 1.165) is 25.7 Å². The van der Waals surface area contributed by atoms with E-state index in [0.29, 0.717) is 5.89 Å². The molecule has 130 valence electrons. The van der Waals surface area contributed by atoms with Gasteiger partial charge in [0.25, 0.3) is 0 Å². The van der Waals surface area contributed by atoms with Crippen molar-refractivity contribution in [2.24, 2.45) is 5.92 Å². The van der Waals surface area contributed by atoms with Gasteiger partial charge in [-0.1, -0.05) is 26.7 Å². The van der Waals surface area contributed by atoms with Gasteiger partial charge < -0.3 is 14.1 Å². The van der Waals surface area contributed by atoms with Gasteiger partial charge in [0.15, 0.2) is 5.69 Å². The number of rotatable bonds is 9.